The Morgan fingerprint density at radius 2 is 2.15 bits per heavy atom. The lowest BCUT2D eigenvalue weighted by Crippen LogP contribution is -2.39. The van der Waals surface area contributed by atoms with Crippen molar-refractivity contribution in [3.05, 3.63) is 21.8 Å². The number of ether oxygens (including phenoxy) is 1. The molecule has 5 nitrogen and oxygen atoms in total. The molecule has 0 saturated heterocycles. The summed E-state index contributed by atoms with van der Waals surface area (Å²) >= 11 is 2.20. The van der Waals surface area contributed by atoms with E-state index in [4.69, 9.17) is 9.84 Å². The van der Waals surface area contributed by atoms with Crippen LogP contribution in [0.25, 0.3) is 0 Å². The Morgan fingerprint density at radius 3 is 2.90 bits per heavy atom. The highest BCUT2D eigenvalue weighted by molar-refractivity contribution is 14.1. The molecule has 0 aromatic heterocycles. The number of carbonyl (C=O) groups excluding carboxylic acids is 1. The van der Waals surface area contributed by atoms with Gasteiger partial charge in [-0.3, -0.25) is 9.59 Å². The summed E-state index contributed by atoms with van der Waals surface area (Å²) in [5, 5.41) is 8.58. The summed E-state index contributed by atoms with van der Waals surface area (Å²) in [6.07, 6.45) is 2.43. The van der Waals surface area contributed by atoms with Crippen LogP contribution in [0.4, 0.5) is 5.69 Å². The lowest BCUT2D eigenvalue weighted by molar-refractivity contribution is -0.137. The average molecular weight is 389 g/mol. The second kappa shape index (κ2) is 6.92. The molecule has 1 aromatic carbocycles. The molecule has 108 valence electrons. The Balaban J connectivity index is 1.95. The van der Waals surface area contributed by atoms with Crippen molar-refractivity contribution in [2.75, 3.05) is 18.1 Å². The van der Waals surface area contributed by atoms with Crippen molar-refractivity contribution in [3.63, 3.8) is 0 Å². The minimum absolute atomic E-state index is 0.0438. The number of halogens is 1. The van der Waals surface area contributed by atoms with Crippen LogP contribution in [-0.2, 0) is 9.59 Å². The predicted molar refractivity (Wildman–Crippen MR) is 83.1 cm³/mol. The number of carboxylic acid groups (broad SMARTS) is 1. The van der Waals surface area contributed by atoms with Gasteiger partial charge in [0.05, 0.1) is 5.69 Å². The van der Waals surface area contributed by atoms with Crippen molar-refractivity contribution in [2.24, 2.45) is 0 Å². The van der Waals surface area contributed by atoms with Crippen molar-refractivity contribution in [2.45, 2.75) is 25.7 Å². The maximum atomic E-state index is 11.9. The van der Waals surface area contributed by atoms with Gasteiger partial charge in [-0.15, -0.1) is 0 Å². The van der Waals surface area contributed by atoms with Gasteiger partial charge < -0.3 is 14.7 Å². The molecule has 0 radical (unpaired) electrons. The number of unbranched alkanes of at least 4 members (excludes halogenated alkanes) is 2. The quantitative estimate of drug-likeness (QED) is 0.600. The molecular weight excluding hydrogens is 373 g/mol. The van der Waals surface area contributed by atoms with E-state index in [0.29, 0.717) is 13.0 Å². The fourth-order valence-corrected chi connectivity index (χ4v) is 2.62. The summed E-state index contributed by atoms with van der Waals surface area (Å²) in [6.45, 7) is 0.678. The number of aliphatic carboxylic acids is 1. The second-order valence-corrected chi connectivity index (χ2v) is 5.90. The molecule has 20 heavy (non-hydrogen) atoms. The molecule has 0 saturated carbocycles. The van der Waals surface area contributed by atoms with Crippen molar-refractivity contribution >= 4 is 40.2 Å². The standard InChI is InChI=1S/C14H16INO4/c15-10-5-6-12-11(8-10)16(13(17)9-20-12)7-3-1-2-4-14(18)19/h5-6,8H,1-4,7,9H2,(H,18,19). The molecule has 2 rings (SSSR count). The van der Waals surface area contributed by atoms with Gasteiger partial charge in [0.1, 0.15) is 5.75 Å². The molecule has 0 aliphatic carbocycles. The minimum Gasteiger partial charge on any atom is -0.482 e. The van der Waals surface area contributed by atoms with Gasteiger partial charge in [0.2, 0.25) is 0 Å². The third-order valence-electron chi connectivity index (χ3n) is 3.14. The maximum absolute atomic E-state index is 11.9. The molecule has 1 aromatic rings. The minimum atomic E-state index is -0.771. The Kier molecular flexibility index (Phi) is 5.22. The predicted octanol–water partition coefficient (Wildman–Crippen LogP) is 2.66. The highest BCUT2D eigenvalue weighted by Crippen LogP contribution is 2.33. The van der Waals surface area contributed by atoms with Gasteiger partial charge in [-0.1, -0.05) is 6.42 Å². The number of nitrogens with zero attached hydrogens (tertiary/aromatic N) is 1. The molecule has 0 unspecified atom stereocenters. The summed E-state index contributed by atoms with van der Waals surface area (Å²) < 4.78 is 6.46. The number of hydrogen-bond acceptors (Lipinski definition) is 3. The fourth-order valence-electron chi connectivity index (χ4n) is 2.14. The second-order valence-electron chi connectivity index (χ2n) is 4.65. The Morgan fingerprint density at radius 1 is 1.35 bits per heavy atom. The first-order valence-corrected chi connectivity index (χ1v) is 7.60. The van der Waals surface area contributed by atoms with Crippen LogP contribution >= 0.6 is 22.6 Å². The number of fused-ring (bicyclic) bond motifs is 1. The zero-order chi connectivity index (χ0) is 14.5. The van der Waals surface area contributed by atoms with E-state index >= 15 is 0 Å². The van der Waals surface area contributed by atoms with Crippen LogP contribution in [-0.4, -0.2) is 30.1 Å². The van der Waals surface area contributed by atoms with Crippen molar-refractivity contribution in [1.82, 2.24) is 0 Å². The van der Waals surface area contributed by atoms with Gasteiger partial charge in [0.25, 0.3) is 5.91 Å². The summed E-state index contributed by atoms with van der Waals surface area (Å²) in [7, 11) is 0. The van der Waals surface area contributed by atoms with E-state index in [1.165, 1.54) is 0 Å². The van der Waals surface area contributed by atoms with Gasteiger partial charge in [0, 0.05) is 16.5 Å². The largest absolute Gasteiger partial charge is 0.482 e. The molecule has 1 aliphatic rings. The summed E-state index contributed by atoms with van der Waals surface area (Å²) in [5.41, 5.74) is 0.811. The number of carboxylic acids is 1. The monoisotopic (exact) mass is 389 g/mol. The lowest BCUT2D eigenvalue weighted by atomic mass is 10.1. The van der Waals surface area contributed by atoms with Crippen molar-refractivity contribution < 1.29 is 19.4 Å². The molecule has 1 amide bonds. The smallest absolute Gasteiger partial charge is 0.303 e. The SMILES string of the molecule is O=C(O)CCCCCN1C(=O)COc2ccc(I)cc21. The molecule has 1 N–H and O–H groups in total. The summed E-state index contributed by atoms with van der Waals surface area (Å²) in [5.74, 6) is -0.0827. The first kappa shape index (κ1) is 15.1. The van der Waals surface area contributed by atoms with Crippen LogP contribution in [0.15, 0.2) is 18.2 Å². The maximum Gasteiger partial charge on any atom is 0.303 e. The average Bonchev–Trinajstić information content (AvgIpc) is 2.40. The van der Waals surface area contributed by atoms with Gasteiger partial charge in [-0.2, -0.15) is 0 Å². The number of anilines is 1. The molecule has 1 heterocycles. The number of rotatable bonds is 6. The third kappa shape index (κ3) is 3.84. The summed E-state index contributed by atoms with van der Waals surface area (Å²) in [6, 6.07) is 5.76. The highest BCUT2D eigenvalue weighted by atomic mass is 127. The van der Waals surface area contributed by atoms with E-state index in [1.54, 1.807) is 4.90 Å². The zero-order valence-corrected chi connectivity index (χ0v) is 13.1. The molecule has 0 spiro atoms. The van der Waals surface area contributed by atoms with Gasteiger partial charge in [-0.25, -0.2) is 0 Å². The Labute approximate surface area is 131 Å². The van der Waals surface area contributed by atoms with E-state index in [1.807, 2.05) is 18.2 Å². The van der Waals surface area contributed by atoms with E-state index in [9.17, 15) is 9.59 Å². The van der Waals surface area contributed by atoms with Gasteiger partial charge in [0.15, 0.2) is 6.61 Å². The first-order valence-electron chi connectivity index (χ1n) is 6.52. The van der Waals surface area contributed by atoms with Gasteiger partial charge >= 0.3 is 5.97 Å². The number of benzene rings is 1. The molecule has 0 bridgehead atoms. The number of amides is 1. The summed E-state index contributed by atoms with van der Waals surface area (Å²) in [4.78, 5) is 24.1. The molecule has 0 fully saturated rings. The van der Waals surface area contributed by atoms with Crippen LogP contribution in [0.1, 0.15) is 25.7 Å². The van der Waals surface area contributed by atoms with Crippen molar-refractivity contribution in [1.29, 1.82) is 0 Å². The normalized spacial score (nSPS) is 13.8. The van der Waals surface area contributed by atoms with Crippen molar-refractivity contribution in [3.8, 4) is 5.75 Å². The molecule has 1 aliphatic heterocycles. The Bertz CT molecular complexity index is 518. The number of hydrogen-bond donors (Lipinski definition) is 1. The fraction of sp³-hybridized carbons (Fsp3) is 0.429. The first-order chi connectivity index (χ1) is 9.58. The van der Waals surface area contributed by atoms with Crippen LogP contribution < -0.4 is 9.64 Å². The molecular formula is C14H16INO4. The van der Waals surface area contributed by atoms with E-state index < -0.39 is 5.97 Å². The van der Waals surface area contributed by atoms with E-state index in [0.717, 1.165) is 27.8 Å². The third-order valence-corrected chi connectivity index (χ3v) is 3.81. The Hall–Kier alpha value is -1.31. The van der Waals surface area contributed by atoms with Crippen LogP contribution in [0.2, 0.25) is 0 Å². The van der Waals surface area contributed by atoms with Crippen LogP contribution in [0.3, 0.4) is 0 Å². The number of carbonyl (C=O) groups is 2. The van der Waals surface area contributed by atoms with Gasteiger partial charge in [-0.05, 0) is 53.6 Å². The topological polar surface area (TPSA) is 66.8 Å². The van der Waals surface area contributed by atoms with E-state index in [-0.39, 0.29) is 18.9 Å². The van der Waals surface area contributed by atoms with Crippen LogP contribution in [0.5, 0.6) is 5.75 Å². The van der Waals surface area contributed by atoms with E-state index in [2.05, 4.69) is 22.6 Å². The molecule has 0 atom stereocenters. The zero-order valence-electron chi connectivity index (χ0n) is 11.0. The molecule has 6 heteroatoms. The lowest BCUT2D eigenvalue weighted by Gasteiger charge is -2.29. The highest BCUT2D eigenvalue weighted by Gasteiger charge is 2.25. The van der Waals surface area contributed by atoms with Crippen LogP contribution in [0, 0.1) is 3.57 Å².